The third-order valence-corrected chi connectivity index (χ3v) is 6.68. The molecule has 0 amide bonds. The SMILES string of the molecule is CC(C)C1=C2C/C=C(/C=O)[C@@H]3C(=O)[C@@H](O)[C@@H](C)[C@H]3C[C@]2(C)CC1. The van der Waals surface area contributed by atoms with Crippen LogP contribution in [0.25, 0.3) is 0 Å². The first-order valence-electron chi connectivity index (χ1n) is 8.89. The van der Waals surface area contributed by atoms with Gasteiger partial charge in [-0.05, 0) is 54.4 Å². The molecule has 0 radical (unpaired) electrons. The van der Waals surface area contributed by atoms with Crippen molar-refractivity contribution in [2.24, 2.45) is 29.1 Å². The second kappa shape index (κ2) is 5.70. The molecule has 0 heterocycles. The molecule has 1 N–H and O–H groups in total. The zero-order chi connectivity index (χ0) is 16.9. The molecule has 0 aliphatic heterocycles. The fourth-order valence-electron chi connectivity index (χ4n) is 5.24. The fourth-order valence-corrected chi connectivity index (χ4v) is 5.24. The van der Waals surface area contributed by atoms with Crippen molar-refractivity contribution in [1.29, 1.82) is 0 Å². The molecule has 23 heavy (non-hydrogen) atoms. The zero-order valence-corrected chi connectivity index (χ0v) is 14.6. The lowest BCUT2D eigenvalue weighted by Crippen LogP contribution is -2.29. The largest absolute Gasteiger partial charge is 0.385 e. The Morgan fingerprint density at radius 1 is 1.39 bits per heavy atom. The molecule has 126 valence electrons. The Morgan fingerprint density at radius 2 is 2.09 bits per heavy atom. The van der Waals surface area contributed by atoms with Crippen LogP contribution in [0.2, 0.25) is 0 Å². The lowest BCUT2D eigenvalue weighted by atomic mass is 9.67. The summed E-state index contributed by atoms with van der Waals surface area (Å²) in [5.41, 5.74) is 3.70. The van der Waals surface area contributed by atoms with Gasteiger partial charge in [0.05, 0.1) is 5.92 Å². The van der Waals surface area contributed by atoms with Gasteiger partial charge in [-0.25, -0.2) is 0 Å². The van der Waals surface area contributed by atoms with E-state index < -0.39 is 12.0 Å². The van der Waals surface area contributed by atoms with Crippen molar-refractivity contribution >= 4 is 12.1 Å². The maximum absolute atomic E-state index is 12.5. The van der Waals surface area contributed by atoms with Crippen LogP contribution in [0.3, 0.4) is 0 Å². The summed E-state index contributed by atoms with van der Waals surface area (Å²) in [6, 6.07) is 0. The highest BCUT2D eigenvalue weighted by Gasteiger charge is 2.52. The van der Waals surface area contributed by atoms with E-state index in [1.807, 2.05) is 13.0 Å². The highest BCUT2D eigenvalue weighted by Crippen LogP contribution is 2.55. The summed E-state index contributed by atoms with van der Waals surface area (Å²) >= 11 is 0. The summed E-state index contributed by atoms with van der Waals surface area (Å²) in [6.07, 6.45) is 5.81. The highest BCUT2D eigenvalue weighted by molar-refractivity contribution is 5.96. The molecule has 5 atom stereocenters. The van der Waals surface area contributed by atoms with Crippen LogP contribution in [-0.4, -0.2) is 23.3 Å². The monoisotopic (exact) mass is 316 g/mol. The molecule has 0 aromatic carbocycles. The van der Waals surface area contributed by atoms with Crippen LogP contribution in [-0.2, 0) is 9.59 Å². The Labute approximate surface area is 138 Å². The molecule has 3 aliphatic carbocycles. The topological polar surface area (TPSA) is 54.4 Å². The lowest BCUT2D eigenvalue weighted by molar-refractivity contribution is -0.128. The number of Topliss-reactive ketones (excluding diaryl/α,β-unsaturated/α-hetero) is 1. The molecule has 0 spiro atoms. The van der Waals surface area contributed by atoms with E-state index in [0.717, 1.165) is 32.0 Å². The Bertz CT molecular complexity index is 598. The molecule has 3 heteroatoms. The molecule has 1 saturated carbocycles. The van der Waals surface area contributed by atoms with E-state index in [9.17, 15) is 14.7 Å². The van der Waals surface area contributed by atoms with E-state index in [4.69, 9.17) is 0 Å². The smallest absolute Gasteiger partial charge is 0.169 e. The molecular weight excluding hydrogens is 288 g/mol. The molecule has 0 aromatic heterocycles. The summed E-state index contributed by atoms with van der Waals surface area (Å²) in [7, 11) is 0. The summed E-state index contributed by atoms with van der Waals surface area (Å²) in [6.45, 7) is 8.76. The molecule has 0 bridgehead atoms. The van der Waals surface area contributed by atoms with Crippen LogP contribution in [0, 0.1) is 29.1 Å². The van der Waals surface area contributed by atoms with Gasteiger partial charge in [0, 0.05) is 0 Å². The number of carbonyl (C=O) groups is 2. The minimum atomic E-state index is -0.923. The Balaban J connectivity index is 2.10. The molecule has 1 fully saturated rings. The van der Waals surface area contributed by atoms with Crippen LogP contribution in [0.15, 0.2) is 22.8 Å². The Kier molecular flexibility index (Phi) is 4.12. The summed E-state index contributed by atoms with van der Waals surface area (Å²) < 4.78 is 0. The molecule has 0 saturated heterocycles. The number of hydrogen-bond donors (Lipinski definition) is 1. The number of rotatable bonds is 2. The second-order valence-electron chi connectivity index (χ2n) is 8.30. The van der Waals surface area contributed by atoms with Gasteiger partial charge >= 0.3 is 0 Å². The van der Waals surface area contributed by atoms with E-state index in [0.29, 0.717) is 11.5 Å². The maximum Gasteiger partial charge on any atom is 0.169 e. The molecule has 0 aromatic rings. The van der Waals surface area contributed by atoms with Crippen LogP contribution in [0.4, 0.5) is 0 Å². The predicted octanol–water partition coefficient (Wildman–Crippen LogP) is 3.47. The van der Waals surface area contributed by atoms with Gasteiger partial charge in [-0.2, -0.15) is 0 Å². The van der Waals surface area contributed by atoms with Gasteiger partial charge in [0.15, 0.2) is 5.78 Å². The predicted molar refractivity (Wildman–Crippen MR) is 89.7 cm³/mol. The summed E-state index contributed by atoms with van der Waals surface area (Å²) in [5.74, 6) is -0.0304. The quantitative estimate of drug-likeness (QED) is 0.627. The van der Waals surface area contributed by atoms with Crippen LogP contribution < -0.4 is 0 Å². The van der Waals surface area contributed by atoms with Crippen molar-refractivity contribution in [3.05, 3.63) is 22.8 Å². The number of fused-ring (bicyclic) bond motifs is 2. The van der Waals surface area contributed by atoms with Crippen LogP contribution in [0.1, 0.15) is 53.4 Å². The molecule has 3 rings (SSSR count). The maximum atomic E-state index is 12.5. The third kappa shape index (κ3) is 2.44. The summed E-state index contributed by atoms with van der Waals surface area (Å²) in [5, 5.41) is 10.3. The van der Waals surface area contributed by atoms with E-state index >= 15 is 0 Å². The number of aldehydes is 1. The van der Waals surface area contributed by atoms with Crippen molar-refractivity contribution in [3.8, 4) is 0 Å². The number of aliphatic hydroxyl groups excluding tert-OH is 1. The van der Waals surface area contributed by atoms with Crippen LogP contribution >= 0.6 is 0 Å². The van der Waals surface area contributed by atoms with E-state index in [1.54, 1.807) is 0 Å². The van der Waals surface area contributed by atoms with Crippen molar-refractivity contribution in [2.45, 2.75) is 59.5 Å². The Hall–Kier alpha value is -1.22. The average Bonchev–Trinajstić information content (AvgIpc) is 2.91. The van der Waals surface area contributed by atoms with Crippen molar-refractivity contribution in [1.82, 2.24) is 0 Å². The highest BCUT2D eigenvalue weighted by atomic mass is 16.3. The number of ketones is 1. The van der Waals surface area contributed by atoms with Gasteiger partial charge in [-0.3, -0.25) is 9.59 Å². The Morgan fingerprint density at radius 3 is 2.70 bits per heavy atom. The minimum absolute atomic E-state index is 0.0702. The van der Waals surface area contributed by atoms with E-state index in [-0.39, 0.29) is 23.0 Å². The minimum Gasteiger partial charge on any atom is -0.385 e. The lowest BCUT2D eigenvalue weighted by Gasteiger charge is -2.36. The molecule has 0 unspecified atom stereocenters. The molecule has 3 aliphatic rings. The number of hydrogen-bond acceptors (Lipinski definition) is 3. The van der Waals surface area contributed by atoms with Gasteiger partial charge in [0.25, 0.3) is 0 Å². The first-order valence-corrected chi connectivity index (χ1v) is 8.89. The number of carbonyl (C=O) groups excluding carboxylic acids is 2. The standard InChI is InChI=1S/C20H28O3/c1-11(2)14-7-8-20(4)9-15-12(3)18(22)19(23)17(15)13(10-21)5-6-16(14)20/h5,10-12,15,17-18,22H,6-9H2,1-4H3/b13-5-/t12-,15+,17-,18-,20-/m0/s1. The second-order valence-corrected chi connectivity index (χ2v) is 8.30. The molecular formula is C20H28O3. The number of aliphatic hydroxyl groups is 1. The van der Waals surface area contributed by atoms with Gasteiger partial charge in [-0.15, -0.1) is 0 Å². The van der Waals surface area contributed by atoms with Crippen LogP contribution in [0.5, 0.6) is 0 Å². The zero-order valence-electron chi connectivity index (χ0n) is 14.6. The normalized spacial score (nSPS) is 42.9. The van der Waals surface area contributed by atoms with Gasteiger partial charge in [0.1, 0.15) is 12.4 Å². The van der Waals surface area contributed by atoms with E-state index in [2.05, 4.69) is 20.8 Å². The number of allylic oxidation sites excluding steroid dienone is 4. The molecule has 3 nitrogen and oxygen atoms in total. The average molecular weight is 316 g/mol. The summed E-state index contributed by atoms with van der Waals surface area (Å²) in [4.78, 5) is 24.1. The van der Waals surface area contributed by atoms with Gasteiger partial charge in [-0.1, -0.05) is 44.9 Å². The third-order valence-electron chi connectivity index (χ3n) is 6.68. The van der Waals surface area contributed by atoms with Crippen molar-refractivity contribution < 1.29 is 14.7 Å². The van der Waals surface area contributed by atoms with Gasteiger partial charge < -0.3 is 5.11 Å². The van der Waals surface area contributed by atoms with Crippen molar-refractivity contribution in [2.75, 3.05) is 0 Å². The van der Waals surface area contributed by atoms with E-state index in [1.165, 1.54) is 11.1 Å². The van der Waals surface area contributed by atoms with Gasteiger partial charge in [0.2, 0.25) is 0 Å². The van der Waals surface area contributed by atoms with Crippen molar-refractivity contribution in [3.63, 3.8) is 0 Å². The first kappa shape index (κ1) is 16.6. The first-order chi connectivity index (χ1) is 10.8. The fraction of sp³-hybridized carbons (Fsp3) is 0.700.